The molecule has 1 aliphatic heterocycles. The van der Waals surface area contributed by atoms with Crippen LogP contribution in [0.4, 0.5) is 11.8 Å². The fourth-order valence-corrected chi connectivity index (χ4v) is 3.92. The number of amides is 1. The van der Waals surface area contributed by atoms with Crippen LogP contribution in [0, 0.1) is 6.92 Å². The smallest absolute Gasteiger partial charge is 0.251 e. The van der Waals surface area contributed by atoms with Crippen LogP contribution in [0.5, 0.6) is 11.5 Å². The molecule has 0 radical (unpaired) electrons. The molecule has 4 rings (SSSR count). The van der Waals surface area contributed by atoms with Crippen molar-refractivity contribution in [2.45, 2.75) is 25.8 Å². The molecule has 2 heterocycles. The van der Waals surface area contributed by atoms with Crippen LogP contribution >= 0.6 is 0 Å². The first-order chi connectivity index (χ1) is 15.0. The van der Waals surface area contributed by atoms with Crippen LogP contribution in [0.15, 0.2) is 36.4 Å². The maximum Gasteiger partial charge on any atom is 0.251 e. The Morgan fingerprint density at radius 3 is 2.45 bits per heavy atom. The van der Waals surface area contributed by atoms with E-state index in [0.29, 0.717) is 28.8 Å². The molecule has 0 aliphatic carbocycles. The zero-order valence-corrected chi connectivity index (χ0v) is 18.0. The quantitative estimate of drug-likeness (QED) is 0.653. The number of fused-ring (bicyclic) bond motifs is 1. The van der Waals surface area contributed by atoms with Crippen molar-refractivity contribution in [3.63, 3.8) is 0 Å². The molecule has 1 amide bonds. The van der Waals surface area contributed by atoms with Gasteiger partial charge in [-0.3, -0.25) is 4.79 Å². The lowest BCUT2D eigenvalue weighted by Gasteiger charge is -2.32. The van der Waals surface area contributed by atoms with Gasteiger partial charge in [-0.25, -0.2) is 4.98 Å². The third kappa shape index (κ3) is 4.19. The Kier molecular flexibility index (Phi) is 5.79. The summed E-state index contributed by atoms with van der Waals surface area (Å²) in [6.45, 7) is 3.41. The second kappa shape index (κ2) is 8.67. The van der Waals surface area contributed by atoms with Gasteiger partial charge in [0.25, 0.3) is 5.91 Å². The van der Waals surface area contributed by atoms with Crippen LogP contribution in [-0.4, -0.2) is 49.2 Å². The summed E-state index contributed by atoms with van der Waals surface area (Å²) in [6, 6.07) is 11.3. The summed E-state index contributed by atoms with van der Waals surface area (Å²) in [5.74, 6) is 2.14. The summed E-state index contributed by atoms with van der Waals surface area (Å²) in [5, 5.41) is 3.88. The number of hydrogen-bond acceptors (Lipinski definition) is 7. The molecule has 1 aliphatic rings. The molecular formula is C23H27N5O3. The summed E-state index contributed by atoms with van der Waals surface area (Å²) in [6.07, 6.45) is 1.62. The predicted octanol–water partition coefficient (Wildman–Crippen LogP) is 2.94. The van der Waals surface area contributed by atoms with E-state index in [1.165, 1.54) is 0 Å². The number of carbonyl (C=O) groups is 1. The monoisotopic (exact) mass is 421 g/mol. The third-order valence-corrected chi connectivity index (χ3v) is 5.72. The number of methoxy groups -OCH3 is 2. The molecule has 1 aromatic heterocycles. The lowest BCUT2D eigenvalue weighted by atomic mass is 10.0. The summed E-state index contributed by atoms with van der Waals surface area (Å²) < 4.78 is 10.7. The summed E-state index contributed by atoms with van der Waals surface area (Å²) in [5.41, 5.74) is 8.62. The number of nitrogens with one attached hydrogen (secondary N) is 1. The number of piperidine rings is 1. The fourth-order valence-electron chi connectivity index (χ4n) is 3.92. The van der Waals surface area contributed by atoms with E-state index in [1.807, 2.05) is 37.3 Å². The van der Waals surface area contributed by atoms with E-state index in [0.717, 1.165) is 42.4 Å². The topological polar surface area (TPSA) is 103 Å². The minimum Gasteiger partial charge on any atom is -0.493 e. The molecule has 0 bridgehead atoms. The Hall–Kier alpha value is -3.55. The van der Waals surface area contributed by atoms with E-state index in [-0.39, 0.29) is 11.9 Å². The van der Waals surface area contributed by atoms with E-state index in [1.54, 1.807) is 20.3 Å². The van der Waals surface area contributed by atoms with Crippen molar-refractivity contribution in [2.75, 3.05) is 37.9 Å². The van der Waals surface area contributed by atoms with Gasteiger partial charge in [-0.15, -0.1) is 0 Å². The van der Waals surface area contributed by atoms with Gasteiger partial charge in [0.05, 0.1) is 19.7 Å². The number of ether oxygens (including phenoxy) is 2. The van der Waals surface area contributed by atoms with Gasteiger partial charge in [0, 0.05) is 36.1 Å². The zero-order valence-electron chi connectivity index (χ0n) is 18.0. The number of carbonyl (C=O) groups excluding carboxylic acids is 1. The highest BCUT2D eigenvalue weighted by molar-refractivity contribution is 5.95. The molecule has 0 atom stereocenters. The van der Waals surface area contributed by atoms with Crippen LogP contribution in [0.2, 0.25) is 0 Å². The van der Waals surface area contributed by atoms with Crippen molar-refractivity contribution < 1.29 is 14.3 Å². The van der Waals surface area contributed by atoms with E-state index >= 15 is 0 Å². The standard InChI is InChI=1S/C23H27N5O3/c1-14-6-4-5-7-16(14)22(29)25-15-8-10-28(11-9-15)23-26-18-13-20(31-3)19(30-2)12-17(18)21(24)27-23/h4-7,12-13,15H,8-11H2,1-3H3,(H,25,29)(H2,24,26,27). The number of aromatic nitrogens is 2. The lowest BCUT2D eigenvalue weighted by molar-refractivity contribution is 0.0930. The largest absolute Gasteiger partial charge is 0.493 e. The molecule has 3 aromatic rings. The van der Waals surface area contributed by atoms with E-state index < -0.39 is 0 Å². The van der Waals surface area contributed by atoms with Crippen molar-refractivity contribution in [1.82, 2.24) is 15.3 Å². The second-order valence-electron chi connectivity index (χ2n) is 7.68. The number of rotatable bonds is 5. The Morgan fingerprint density at radius 1 is 1.10 bits per heavy atom. The highest BCUT2D eigenvalue weighted by atomic mass is 16.5. The predicted molar refractivity (Wildman–Crippen MR) is 121 cm³/mol. The normalized spacial score (nSPS) is 14.5. The SMILES string of the molecule is COc1cc2nc(N3CCC(NC(=O)c4ccccc4C)CC3)nc(N)c2cc1OC. The summed E-state index contributed by atoms with van der Waals surface area (Å²) >= 11 is 0. The Labute approximate surface area is 181 Å². The molecular weight excluding hydrogens is 394 g/mol. The van der Waals surface area contributed by atoms with Crippen LogP contribution < -0.4 is 25.4 Å². The maximum absolute atomic E-state index is 12.6. The minimum atomic E-state index is -0.0243. The van der Waals surface area contributed by atoms with Gasteiger partial charge in [0.2, 0.25) is 5.95 Å². The maximum atomic E-state index is 12.6. The van der Waals surface area contributed by atoms with Gasteiger partial charge in [-0.2, -0.15) is 4.98 Å². The summed E-state index contributed by atoms with van der Waals surface area (Å²) in [4.78, 5) is 23.9. The number of benzene rings is 2. The van der Waals surface area contributed by atoms with Crippen LogP contribution in [-0.2, 0) is 0 Å². The molecule has 8 heteroatoms. The third-order valence-electron chi connectivity index (χ3n) is 5.72. The number of nitrogens with two attached hydrogens (primary N) is 1. The number of nitrogens with zero attached hydrogens (tertiary/aromatic N) is 3. The van der Waals surface area contributed by atoms with Gasteiger partial charge >= 0.3 is 0 Å². The van der Waals surface area contributed by atoms with Gasteiger partial charge in [-0.05, 0) is 37.5 Å². The molecule has 1 fully saturated rings. The van der Waals surface area contributed by atoms with Crippen molar-refractivity contribution >= 4 is 28.6 Å². The molecule has 1 saturated heterocycles. The van der Waals surface area contributed by atoms with Crippen molar-refractivity contribution in [3.8, 4) is 11.5 Å². The molecule has 2 aromatic carbocycles. The zero-order chi connectivity index (χ0) is 22.0. The van der Waals surface area contributed by atoms with E-state index in [9.17, 15) is 4.79 Å². The van der Waals surface area contributed by atoms with Crippen molar-refractivity contribution in [2.24, 2.45) is 0 Å². The first-order valence-electron chi connectivity index (χ1n) is 10.3. The first kappa shape index (κ1) is 20.7. The molecule has 0 spiro atoms. The molecule has 162 valence electrons. The van der Waals surface area contributed by atoms with Crippen LogP contribution in [0.25, 0.3) is 10.9 Å². The van der Waals surface area contributed by atoms with Gasteiger partial charge in [-0.1, -0.05) is 18.2 Å². The van der Waals surface area contributed by atoms with E-state index in [4.69, 9.17) is 20.2 Å². The average molecular weight is 422 g/mol. The van der Waals surface area contributed by atoms with Gasteiger partial charge < -0.3 is 25.4 Å². The van der Waals surface area contributed by atoms with Crippen LogP contribution in [0.1, 0.15) is 28.8 Å². The molecule has 0 saturated carbocycles. The highest BCUT2D eigenvalue weighted by Gasteiger charge is 2.24. The Bertz CT molecular complexity index is 1110. The second-order valence-corrected chi connectivity index (χ2v) is 7.68. The van der Waals surface area contributed by atoms with Crippen molar-refractivity contribution in [1.29, 1.82) is 0 Å². The molecule has 31 heavy (non-hydrogen) atoms. The van der Waals surface area contributed by atoms with Crippen LogP contribution in [0.3, 0.4) is 0 Å². The van der Waals surface area contributed by atoms with Crippen molar-refractivity contribution in [3.05, 3.63) is 47.5 Å². The highest BCUT2D eigenvalue weighted by Crippen LogP contribution is 2.34. The lowest BCUT2D eigenvalue weighted by Crippen LogP contribution is -2.45. The number of anilines is 2. The first-order valence-corrected chi connectivity index (χ1v) is 10.3. The number of nitrogen functional groups attached to an aromatic ring is 1. The minimum absolute atomic E-state index is 0.0243. The molecule has 3 N–H and O–H groups in total. The number of hydrogen-bond donors (Lipinski definition) is 2. The molecule has 0 unspecified atom stereocenters. The fraction of sp³-hybridized carbons (Fsp3) is 0.348. The molecule has 8 nitrogen and oxygen atoms in total. The average Bonchev–Trinajstić information content (AvgIpc) is 2.78. The summed E-state index contributed by atoms with van der Waals surface area (Å²) in [7, 11) is 3.17. The van der Waals surface area contributed by atoms with Gasteiger partial charge in [0.15, 0.2) is 11.5 Å². The number of aryl methyl sites for hydroxylation is 1. The van der Waals surface area contributed by atoms with Gasteiger partial charge in [0.1, 0.15) is 5.82 Å². The Balaban J connectivity index is 1.47. The Morgan fingerprint density at radius 2 is 1.77 bits per heavy atom. The van der Waals surface area contributed by atoms with E-state index in [2.05, 4.69) is 15.2 Å².